The second-order valence-electron chi connectivity index (χ2n) is 9.17. The van der Waals surface area contributed by atoms with Crippen LogP contribution < -0.4 is 15.6 Å². The number of ether oxygens (including phenoxy) is 2. The van der Waals surface area contributed by atoms with Crippen molar-refractivity contribution in [2.24, 2.45) is 0 Å². The van der Waals surface area contributed by atoms with E-state index in [-0.39, 0.29) is 17.2 Å². The third kappa shape index (κ3) is 5.77. The van der Waals surface area contributed by atoms with E-state index in [1.165, 1.54) is 16.6 Å². The van der Waals surface area contributed by atoms with Crippen LogP contribution in [0.5, 0.6) is 5.75 Å². The molecule has 1 amide bonds. The van der Waals surface area contributed by atoms with Gasteiger partial charge in [0.2, 0.25) is 5.91 Å². The molecule has 0 radical (unpaired) electrons. The first-order valence-corrected chi connectivity index (χ1v) is 14.9. The van der Waals surface area contributed by atoms with Crippen molar-refractivity contribution >= 4 is 50.9 Å². The van der Waals surface area contributed by atoms with E-state index < -0.39 is 5.97 Å². The number of carbonyl (C=O) groups is 2. The van der Waals surface area contributed by atoms with E-state index in [1.54, 1.807) is 66.3 Å². The molecule has 11 heteroatoms. The molecule has 0 fully saturated rings. The van der Waals surface area contributed by atoms with Gasteiger partial charge in [0.05, 0.1) is 36.1 Å². The lowest BCUT2D eigenvalue weighted by Crippen LogP contribution is -2.30. The topological polar surface area (TPSA) is 103 Å². The Labute approximate surface area is 240 Å². The number of esters is 1. The molecule has 2 aromatic heterocycles. The predicted molar refractivity (Wildman–Crippen MR) is 158 cm³/mol. The fourth-order valence-corrected chi connectivity index (χ4v) is 6.75. The molecule has 3 heterocycles. The number of fused-ring (bicyclic) bond motifs is 3. The van der Waals surface area contributed by atoms with Crippen LogP contribution in [0.15, 0.2) is 58.5 Å². The number of nitrogens with zero attached hydrogens (tertiary/aromatic N) is 3. The van der Waals surface area contributed by atoms with Crippen molar-refractivity contribution in [2.75, 3.05) is 37.9 Å². The Morgan fingerprint density at radius 3 is 2.52 bits per heavy atom. The summed E-state index contributed by atoms with van der Waals surface area (Å²) in [4.78, 5) is 47.9. The first-order valence-electron chi connectivity index (χ1n) is 13.1. The van der Waals surface area contributed by atoms with E-state index in [0.29, 0.717) is 44.7 Å². The van der Waals surface area contributed by atoms with E-state index in [0.717, 1.165) is 31.6 Å². The van der Waals surface area contributed by atoms with Crippen LogP contribution in [0, 0.1) is 0 Å². The maximum Gasteiger partial charge on any atom is 0.338 e. The number of thiophene rings is 1. The van der Waals surface area contributed by atoms with Gasteiger partial charge in [-0.15, -0.1) is 11.3 Å². The highest BCUT2D eigenvalue weighted by atomic mass is 32.2. The summed E-state index contributed by atoms with van der Waals surface area (Å²) in [5.41, 5.74) is 2.58. The second-order valence-corrected chi connectivity index (χ2v) is 11.2. The molecule has 0 aliphatic carbocycles. The van der Waals surface area contributed by atoms with Crippen LogP contribution in [0.2, 0.25) is 0 Å². The molecule has 4 aromatic rings. The minimum absolute atomic E-state index is 0.0441. The quantitative estimate of drug-likeness (QED) is 0.173. The van der Waals surface area contributed by atoms with E-state index in [4.69, 9.17) is 14.5 Å². The number of hydrogen-bond donors (Lipinski definition) is 1. The van der Waals surface area contributed by atoms with Crippen molar-refractivity contribution in [3.63, 3.8) is 0 Å². The largest absolute Gasteiger partial charge is 0.497 e. The zero-order valence-electron chi connectivity index (χ0n) is 22.6. The number of rotatable bonds is 9. The lowest BCUT2D eigenvalue weighted by Gasteiger charge is -2.25. The van der Waals surface area contributed by atoms with Crippen LogP contribution in [0.3, 0.4) is 0 Å². The number of hydrogen-bond acceptors (Lipinski definition) is 9. The molecular weight excluding hydrogens is 548 g/mol. The Bertz CT molecular complexity index is 1600. The van der Waals surface area contributed by atoms with Gasteiger partial charge in [0.25, 0.3) is 5.56 Å². The average molecular weight is 579 g/mol. The minimum Gasteiger partial charge on any atom is -0.497 e. The first-order chi connectivity index (χ1) is 19.4. The SMILES string of the molecule is CCOC(=O)c1ccc(NC(=O)CSc2nc3sc4c(c3c(=O)n2-c2ccc(OC)cc2)CCN(CC)C4)cc1. The van der Waals surface area contributed by atoms with Crippen LogP contribution in [-0.4, -0.2) is 58.9 Å². The smallest absolute Gasteiger partial charge is 0.338 e. The van der Waals surface area contributed by atoms with Crippen LogP contribution in [0.1, 0.15) is 34.6 Å². The van der Waals surface area contributed by atoms with Gasteiger partial charge in [-0.2, -0.15) is 0 Å². The molecule has 0 atom stereocenters. The maximum absolute atomic E-state index is 14.0. The molecule has 2 aromatic carbocycles. The number of methoxy groups -OCH3 is 1. The Morgan fingerprint density at radius 1 is 1.10 bits per heavy atom. The van der Waals surface area contributed by atoms with E-state index in [2.05, 4.69) is 17.1 Å². The van der Waals surface area contributed by atoms with Crippen molar-refractivity contribution in [2.45, 2.75) is 32.0 Å². The fourth-order valence-electron chi connectivity index (χ4n) is 4.63. The van der Waals surface area contributed by atoms with Crippen LogP contribution in [-0.2, 0) is 22.5 Å². The van der Waals surface area contributed by atoms with E-state index in [1.807, 2.05) is 12.1 Å². The molecule has 0 unspecified atom stereocenters. The number of benzene rings is 2. The third-order valence-corrected chi connectivity index (χ3v) is 8.76. The van der Waals surface area contributed by atoms with Crippen LogP contribution >= 0.6 is 23.1 Å². The summed E-state index contributed by atoms with van der Waals surface area (Å²) < 4.78 is 11.9. The van der Waals surface area contributed by atoms with Gasteiger partial charge in [0.1, 0.15) is 10.6 Å². The normalized spacial score (nSPS) is 13.2. The number of amides is 1. The molecule has 5 rings (SSSR count). The molecule has 1 aliphatic rings. The summed E-state index contributed by atoms with van der Waals surface area (Å²) in [6.45, 7) is 6.86. The Kier molecular flexibility index (Phi) is 8.53. The Morgan fingerprint density at radius 2 is 1.85 bits per heavy atom. The molecule has 1 aliphatic heterocycles. The number of nitrogens with one attached hydrogen (secondary N) is 1. The van der Waals surface area contributed by atoms with E-state index >= 15 is 0 Å². The zero-order chi connectivity index (χ0) is 28.2. The summed E-state index contributed by atoms with van der Waals surface area (Å²) in [6.07, 6.45) is 0.812. The number of thioether (sulfide) groups is 1. The Balaban J connectivity index is 1.43. The zero-order valence-corrected chi connectivity index (χ0v) is 24.2. The molecule has 40 heavy (non-hydrogen) atoms. The van der Waals surface area contributed by atoms with Gasteiger partial charge in [0.15, 0.2) is 5.16 Å². The molecule has 0 spiro atoms. The Hall–Kier alpha value is -3.67. The number of carbonyl (C=O) groups excluding carboxylic acids is 2. The van der Waals surface area contributed by atoms with E-state index in [9.17, 15) is 14.4 Å². The minimum atomic E-state index is -0.411. The van der Waals surface area contributed by atoms with Crippen molar-refractivity contribution in [1.29, 1.82) is 0 Å². The van der Waals surface area contributed by atoms with Gasteiger partial charge >= 0.3 is 5.97 Å². The van der Waals surface area contributed by atoms with Crippen LogP contribution in [0.4, 0.5) is 5.69 Å². The average Bonchev–Trinajstić information content (AvgIpc) is 3.34. The van der Waals surface area contributed by atoms with Crippen molar-refractivity contribution < 1.29 is 19.1 Å². The standard InChI is InChI=1S/C29H30N4O5S2/c1-4-32-15-14-22-23(16-32)40-26-25(22)27(35)33(20-10-12-21(37-3)13-11-20)29(31-26)39-17-24(34)30-19-8-6-18(7-9-19)28(36)38-5-2/h6-13H,4-5,14-17H2,1-3H3,(H,30,34). The highest BCUT2D eigenvalue weighted by Gasteiger charge is 2.25. The summed E-state index contributed by atoms with van der Waals surface area (Å²) in [5, 5.41) is 3.96. The summed E-state index contributed by atoms with van der Waals surface area (Å²) in [6, 6.07) is 13.8. The van der Waals surface area contributed by atoms with Gasteiger partial charge in [-0.25, -0.2) is 9.78 Å². The number of aromatic nitrogens is 2. The maximum atomic E-state index is 14.0. The van der Waals surface area contributed by atoms with Crippen molar-refractivity contribution in [3.05, 3.63) is 74.9 Å². The summed E-state index contributed by atoms with van der Waals surface area (Å²) >= 11 is 2.77. The molecule has 9 nitrogen and oxygen atoms in total. The number of anilines is 1. The number of likely N-dealkylation sites (N-methyl/N-ethyl adjacent to an activating group) is 1. The first kappa shape index (κ1) is 27.9. The van der Waals surface area contributed by atoms with Gasteiger partial charge in [-0.1, -0.05) is 18.7 Å². The molecule has 208 valence electrons. The molecular formula is C29H30N4O5S2. The molecule has 1 N–H and O–H groups in total. The van der Waals surface area contributed by atoms with Gasteiger partial charge in [-0.05, 0) is 74.0 Å². The van der Waals surface area contributed by atoms with Crippen molar-refractivity contribution in [1.82, 2.24) is 14.5 Å². The van der Waals surface area contributed by atoms with Gasteiger partial charge < -0.3 is 14.8 Å². The lowest BCUT2D eigenvalue weighted by molar-refractivity contribution is -0.113. The molecule has 0 saturated heterocycles. The fraction of sp³-hybridized carbons (Fsp3) is 0.310. The second kappa shape index (κ2) is 12.2. The third-order valence-electron chi connectivity index (χ3n) is 6.71. The highest BCUT2D eigenvalue weighted by Crippen LogP contribution is 2.34. The van der Waals surface area contributed by atoms with Crippen LogP contribution in [0.25, 0.3) is 15.9 Å². The lowest BCUT2D eigenvalue weighted by atomic mass is 10.1. The molecule has 0 bridgehead atoms. The van der Waals surface area contributed by atoms with Gasteiger partial charge in [-0.3, -0.25) is 19.1 Å². The highest BCUT2D eigenvalue weighted by molar-refractivity contribution is 7.99. The monoisotopic (exact) mass is 578 g/mol. The predicted octanol–water partition coefficient (Wildman–Crippen LogP) is 4.74. The van der Waals surface area contributed by atoms with Gasteiger partial charge in [0, 0.05) is 23.7 Å². The molecule has 0 saturated carbocycles. The summed E-state index contributed by atoms with van der Waals surface area (Å²) in [5.74, 6) is 0.0590. The summed E-state index contributed by atoms with van der Waals surface area (Å²) in [7, 11) is 1.59. The van der Waals surface area contributed by atoms with Crippen molar-refractivity contribution in [3.8, 4) is 11.4 Å².